The average molecular weight is 225 g/mol. The van der Waals surface area contributed by atoms with Gasteiger partial charge in [-0.15, -0.1) is 0 Å². The zero-order valence-electron chi connectivity index (χ0n) is 9.33. The van der Waals surface area contributed by atoms with Gasteiger partial charge in [-0.1, -0.05) is 12.8 Å². The predicted molar refractivity (Wildman–Crippen MR) is 63.1 cm³/mol. The first kappa shape index (κ1) is 12.6. The molecule has 1 amide bonds. The summed E-state index contributed by atoms with van der Waals surface area (Å²) >= 11 is 0. The van der Waals surface area contributed by atoms with Gasteiger partial charge in [-0.25, -0.2) is 0 Å². The van der Waals surface area contributed by atoms with Gasteiger partial charge in [0.15, 0.2) is 0 Å². The fourth-order valence-electron chi connectivity index (χ4n) is 1.43. The Bertz CT molecular complexity index is 323. The van der Waals surface area contributed by atoms with Crippen molar-refractivity contribution in [2.24, 2.45) is 0 Å². The zero-order chi connectivity index (χ0) is 11.8. The van der Waals surface area contributed by atoms with Crippen LogP contribution in [0.5, 0.6) is 0 Å². The third-order valence-corrected chi connectivity index (χ3v) is 2.32. The van der Waals surface area contributed by atoms with E-state index >= 15 is 0 Å². The summed E-state index contributed by atoms with van der Waals surface area (Å²) in [6, 6.07) is 1.61. The van der Waals surface area contributed by atoms with Crippen LogP contribution < -0.4 is 11.1 Å². The average Bonchev–Trinajstić information content (AvgIpc) is 2.70. The molecule has 1 heterocycles. The highest BCUT2D eigenvalue weighted by Crippen LogP contribution is 2.04. The number of amides is 1. The van der Waals surface area contributed by atoms with Gasteiger partial charge in [-0.2, -0.15) is 0 Å². The summed E-state index contributed by atoms with van der Waals surface area (Å²) in [6.45, 7) is 0.900. The molecule has 0 spiro atoms. The van der Waals surface area contributed by atoms with Crippen LogP contribution in [0.3, 0.4) is 0 Å². The number of nitrogen functional groups attached to an aromatic ring is 1. The van der Waals surface area contributed by atoms with Crippen molar-refractivity contribution in [1.82, 2.24) is 10.3 Å². The quantitative estimate of drug-likeness (QED) is 0.519. The van der Waals surface area contributed by atoms with Crippen LogP contribution in [0.4, 0.5) is 5.69 Å². The highest BCUT2D eigenvalue weighted by Gasteiger charge is 2.05. The molecule has 0 aliphatic carbocycles. The Balaban J connectivity index is 2.11. The number of H-pyrrole nitrogens is 1. The van der Waals surface area contributed by atoms with E-state index in [1.807, 2.05) is 0 Å². The molecule has 0 saturated heterocycles. The van der Waals surface area contributed by atoms with E-state index < -0.39 is 0 Å². The van der Waals surface area contributed by atoms with Crippen LogP contribution in [0.25, 0.3) is 0 Å². The van der Waals surface area contributed by atoms with Crippen molar-refractivity contribution in [2.45, 2.75) is 25.7 Å². The van der Waals surface area contributed by atoms with Crippen LogP contribution in [0.15, 0.2) is 12.3 Å². The van der Waals surface area contributed by atoms with Crippen LogP contribution in [0.2, 0.25) is 0 Å². The van der Waals surface area contributed by atoms with Crippen molar-refractivity contribution >= 4 is 11.6 Å². The normalized spacial score (nSPS) is 10.3. The van der Waals surface area contributed by atoms with Gasteiger partial charge < -0.3 is 21.1 Å². The number of rotatable bonds is 7. The lowest BCUT2D eigenvalue weighted by Crippen LogP contribution is -2.24. The molecule has 0 aromatic carbocycles. The van der Waals surface area contributed by atoms with E-state index in [1.165, 1.54) is 0 Å². The molecule has 5 heteroatoms. The summed E-state index contributed by atoms with van der Waals surface area (Å²) in [7, 11) is 0. The van der Waals surface area contributed by atoms with Gasteiger partial charge in [0.25, 0.3) is 5.91 Å². The summed E-state index contributed by atoms with van der Waals surface area (Å²) in [5.74, 6) is -0.126. The molecule has 0 radical (unpaired) electrons. The summed E-state index contributed by atoms with van der Waals surface area (Å²) in [5.41, 5.74) is 6.55. The number of nitrogens with two attached hydrogens (primary N) is 1. The molecule has 1 aromatic rings. The van der Waals surface area contributed by atoms with E-state index in [1.54, 1.807) is 12.3 Å². The summed E-state index contributed by atoms with van der Waals surface area (Å²) in [5, 5.41) is 11.4. The second kappa shape index (κ2) is 6.90. The van der Waals surface area contributed by atoms with Crippen molar-refractivity contribution in [3.63, 3.8) is 0 Å². The third-order valence-electron chi connectivity index (χ3n) is 2.32. The standard InChI is InChI=1S/C11H19N3O2/c12-9-7-10(14-8-9)11(16)13-5-3-1-2-4-6-15/h7-8,14-15H,1-6,12H2,(H,13,16). The number of nitrogens with one attached hydrogen (secondary N) is 2. The lowest BCUT2D eigenvalue weighted by atomic mass is 10.2. The molecule has 0 aliphatic rings. The third kappa shape index (κ3) is 4.35. The van der Waals surface area contributed by atoms with E-state index in [0.29, 0.717) is 17.9 Å². The summed E-state index contributed by atoms with van der Waals surface area (Å²) in [4.78, 5) is 14.3. The first-order valence-electron chi connectivity index (χ1n) is 5.57. The van der Waals surface area contributed by atoms with Gasteiger partial charge in [0.2, 0.25) is 0 Å². The molecule has 1 rings (SSSR count). The minimum Gasteiger partial charge on any atom is -0.397 e. The number of anilines is 1. The predicted octanol–water partition coefficient (Wildman–Crippen LogP) is 0.879. The fraction of sp³-hybridized carbons (Fsp3) is 0.545. The highest BCUT2D eigenvalue weighted by atomic mass is 16.2. The Morgan fingerprint density at radius 3 is 2.75 bits per heavy atom. The Hall–Kier alpha value is -1.49. The number of carbonyl (C=O) groups excluding carboxylic acids is 1. The number of carbonyl (C=O) groups is 1. The Kier molecular flexibility index (Phi) is 5.42. The van der Waals surface area contributed by atoms with Crippen molar-refractivity contribution in [1.29, 1.82) is 0 Å². The fourth-order valence-corrected chi connectivity index (χ4v) is 1.43. The smallest absolute Gasteiger partial charge is 0.267 e. The molecule has 5 nitrogen and oxygen atoms in total. The molecule has 0 fully saturated rings. The zero-order valence-corrected chi connectivity index (χ0v) is 9.33. The minimum atomic E-state index is -0.126. The molecule has 0 saturated carbocycles. The maximum Gasteiger partial charge on any atom is 0.267 e. The first-order valence-corrected chi connectivity index (χ1v) is 5.57. The second-order valence-corrected chi connectivity index (χ2v) is 3.74. The van der Waals surface area contributed by atoms with E-state index in [-0.39, 0.29) is 12.5 Å². The maximum absolute atomic E-state index is 11.5. The highest BCUT2D eigenvalue weighted by molar-refractivity contribution is 5.93. The summed E-state index contributed by atoms with van der Waals surface area (Å²) in [6.07, 6.45) is 5.38. The van der Waals surface area contributed by atoms with E-state index in [2.05, 4.69) is 10.3 Å². The Labute approximate surface area is 95.0 Å². The van der Waals surface area contributed by atoms with Gasteiger partial charge in [0.1, 0.15) is 5.69 Å². The van der Waals surface area contributed by atoms with Gasteiger partial charge in [-0.3, -0.25) is 4.79 Å². The molecule has 0 unspecified atom stereocenters. The van der Waals surface area contributed by atoms with Crippen molar-refractivity contribution < 1.29 is 9.90 Å². The van der Waals surface area contributed by atoms with Crippen LogP contribution in [-0.4, -0.2) is 29.1 Å². The van der Waals surface area contributed by atoms with Crippen LogP contribution in [0, 0.1) is 0 Å². The topological polar surface area (TPSA) is 91.1 Å². The number of aromatic amines is 1. The number of aliphatic hydroxyl groups is 1. The first-order chi connectivity index (χ1) is 7.74. The Morgan fingerprint density at radius 2 is 2.12 bits per heavy atom. The van der Waals surface area contributed by atoms with E-state index in [4.69, 9.17) is 10.8 Å². The van der Waals surface area contributed by atoms with Gasteiger partial charge >= 0.3 is 0 Å². The molecule has 16 heavy (non-hydrogen) atoms. The Morgan fingerprint density at radius 1 is 1.38 bits per heavy atom. The minimum absolute atomic E-state index is 0.126. The number of unbranched alkanes of at least 4 members (excludes halogenated alkanes) is 3. The van der Waals surface area contributed by atoms with Crippen molar-refractivity contribution in [3.05, 3.63) is 18.0 Å². The molecule has 5 N–H and O–H groups in total. The molecule has 1 aromatic heterocycles. The van der Waals surface area contributed by atoms with E-state index in [0.717, 1.165) is 25.7 Å². The van der Waals surface area contributed by atoms with Crippen LogP contribution in [0.1, 0.15) is 36.2 Å². The molecule has 0 aliphatic heterocycles. The summed E-state index contributed by atoms with van der Waals surface area (Å²) < 4.78 is 0. The van der Waals surface area contributed by atoms with Crippen LogP contribution in [-0.2, 0) is 0 Å². The monoisotopic (exact) mass is 225 g/mol. The number of hydrogen-bond acceptors (Lipinski definition) is 3. The van der Waals surface area contributed by atoms with Crippen molar-refractivity contribution in [3.8, 4) is 0 Å². The van der Waals surface area contributed by atoms with Crippen molar-refractivity contribution in [2.75, 3.05) is 18.9 Å². The van der Waals surface area contributed by atoms with Gasteiger partial charge in [0.05, 0.1) is 0 Å². The van der Waals surface area contributed by atoms with Gasteiger partial charge in [0, 0.05) is 25.0 Å². The number of aliphatic hydroxyl groups excluding tert-OH is 1. The number of aromatic nitrogens is 1. The molecular formula is C11H19N3O2. The van der Waals surface area contributed by atoms with Gasteiger partial charge in [-0.05, 0) is 18.9 Å². The molecule has 0 bridgehead atoms. The number of hydrogen-bond donors (Lipinski definition) is 4. The van der Waals surface area contributed by atoms with E-state index in [9.17, 15) is 4.79 Å². The second-order valence-electron chi connectivity index (χ2n) is 3.74. The lowest BCUT2D eigenvalue weighted by molar-refractivity contribution is 0.0948. The molecule has 0 atom stereocenters. The molecule has 90 valence electrons. The lowest BCUT2D eigenvalue weighted by Gasteiger charge is -2.03. The molecular weight excluding hydrogens is 206 g/mol. The maximum atomic E-state index is 11.5. The SMILES string of the molecule is Nc1c[nH]c(C(=O)NCCCCCCO)c1. The van der Waals surface area contributed by atoms with Crippen LogP contribution >= 0.6 is 0 Å². The largest absolute Gasteiger partial charge is 0.397 e.